The molecule has 2 rings (SSSR count). The van der Waals surface area contributed by atoms with Crippen LogP contribution in [-0.4, -0.2) is 12.1 Å². The van der Waals surface area contributed by atoms with Crippen LogP contribution >= 0.6 is 11.3 Å². The molecule has 1 N–H and O–H groups in total. The number of nitrogens with zero attached hydrogens (tertiary/aromatic N) is 1. The van der Waals surface area contributed by atoms with Gasteiger partial charge in [0.2, 0.25) is 0 Å². The van der Waals surface area contributed by atoms with E-state index in [1.165, 1.54) is 10.4 Å². The summed E-state index contributed by atoms with van der Waals surface area (Å²) in [5, 5.41) is 4.61. The molecule has 1 aromatic carbocycles. The third kappa shape index (κ3) is 3.31. The zero-order valence-electron chi connectivity index (χ0n) is 10.9. The predicted molar refractivity (Wildman–Crippen MR) is 75.1 cm³/mol. The quantitative estimate of drug-likeness (QED) is 0.897. The topological polar surface area (TPSA) is 34.1 Å². The lowest BCUT2D eigenvalue weighted by Crippen LogP contribution is -2.17. The molecular weight excluding hydrogens is 244 g/mol. The van der Waals surface area contributed by atoms with E-state index in [9.17, 15) is 0 Å². The van der Waals surface area contributed by atoms with Crippen molar-refractivity contribution in [3.05, 3.63) is 45.9 Å². The average molecular weight is 262 g/mol. The fourth-order valence-electron chi connectivity index (χ4n) is 1.75. The maximum Gasteiger partial charge on any atom is 0.118 e. The van der Waals surface area contributed by atoms with Gasteiger partial charge in [-0.1, -0.05) is 12.1 Å². The van der Waals surface area contributed by atoms with Gasteiger partial charge in [0.1, 0.15) is 5.75 Å². The van der Waals surface area contributed by atoms with E-state index in [0.29, 0.717) is 6.04 Å². The number of methoxy groups -OCH3 is 1. The van der Waals surface area contributed by atoms with Gasteiger partial charge in [-0.3, -0.25) is 0 Å². The van der Waals surface area contributed by atoms with Crippen LogP contribution in [0.15, 0.2) is 30.5 Å². The highest BCUT2D eigenvalue weighted by molar-refractivity contribution is 7.11. The summed E-state index contributed by atoms with van der Waals surface area (Å²) >= 11 is 1.74. The number of aromatic nitrogens is 1. The Morgan fingerprint density at radius 2 is 2.06 bits per heavy atom. The lowest BCUT2D eigenvalue weighted by atomic mass is 10.1. The number of nitrogens with one attached hydrogen (secondary N) is 1. The first kappa shape index (κ1) is 13.1. The molecule has 4 heteroatoms. The van der Waals surface area contributed by atoms with E-state index in [-0.39, 0.29) is 0 Å². The van der Waals surface area contributed by atoms with Crippen LogP contribution in [0.2, 0.25) is 0 Å². The molecule has 3 nitrogen and oxygen atoms in total. The Balaban J connectivity index is 1.92. The molecule has 0 saturated heterocycles. The van der Waals surface area contributed by atoms with Crippen molar-refractivity contribution in [2.75, 3.05) is 7.11 Å². The molecular formula is C14H18N2OS. The molecule has 0 aliphatic heterocycles. The predicted octanol–water partition coefficient (Wildman–Crippen LogP) is 3.31. The molecule has 0 amide bonds. The summed E-state index contributed by atoms with van der Waals surface area (Å²) in [6, 6.07) is 8.48. The number of hydrogen-bond donors (Lipinski definition) is 1. The first-order chi connectivity index (χ1) is 8.69. The van der Waals surface area contributed by atoms with Crippen LogP contribution in [0.25, 0.3) is 0 Å². The van der Waals surface area contributed by atoms with Crippen LogP contribution in [0.4, 0.5) is 0 Å². The third-order valence-electron chi connectivity index (χ3n) is 2.87. The summed E-state index contributed by atoms with van der Waals surface area (Å²) in [5.41, 5.74) is 1.26. The first-order valence-electron chi connectivity index (χ1n) is 5.97. The molecule has 0 spiro atoms. The van der Waals surface area contributed by atoms with Crippen molar-refractivity contribution < 1.29 is 4.74 Å². The zero-order valence-corrected chi connectivity index (χ0v) is 11.8. The van der Waals surface area contributed by atoms with E-state index < -0.39 is 0 Å². The summed E-state index contributed by atoms with van der Waals surface area (Å²) < 4.78 is 5.15. The highest BCUT2D eigenvalue weighted by Crippen LogP contribution is 2.18. The molecule has 0 fully saturated rings. The van der Waals surface area contributed by atoms with Gasteiger partial charge in [0.25, 0.3) is 0 Å². The highest BCUT2D eigenvalue weighted by Gasteiger charge is 2.06. The number of aryl methyl sites for hydroxylation is 1. The molecule has 0 radical (unpaired) electrons. The largest absolute Gasteiger partial charge is 0.497 e. The minimum atomic E-state index is 0.318. The summed E-state index contributed by atoms with van der Waals surface area (Å²) in [5.74, 6) is 0.893. The molecule has 2 aromatic rings. The van der Waals surface area contributed by atoms with Gasteiger partial charge in [0, 0.05) is 23.7 Å². The van der Waals surface area contributed by atoms with Gasteiger partial charge in [0.15, 0.2) is 0 Å². The van der Waals surface area contributed by atoms with Crippen LogP contribution in [-0.2, 0) is 6.54 Å². The van der Waals surface area contributed by atoms with E-state index in [2.05, 4.69) is 29.4 Å². The monoisotopic (exact) mass is 262 g/mol. The molecule has 1 atom stereocenters. The maximum atomic E-state index is 5.15. The SMILES string of the molecule is COc1ccc([C@H](C)NCc2cnc(C)s2)cc1. The normalized spacial score (nSPS) is 12.4. The fourth-order valence-corrected chi connectivity index (χ4v) is 2.50. The maximum absolute atomic E-state index is 5.15. The standard InChI is InChI=1S/C14H18N2OS/c1-10(12-4-6-13(17-3)7-5-12)15-8-14-9-16-11(2)18-14/h4-7,9-10,15H,8H2,1-3H3/t10-/m0/s1. The van der Waals surface area contributed by atoms with Gasteiger partial charge in [-0.05, 0) is 31.5 Å². The van der Waals surface area contributed by atoms with Gasteiger partial charge in [-0.25, -0.2) is 4.98 Å². The Morgan fingerprint density at radius 3 is 2.61 bits per heavy atom. The van der Waals surface area contributed by atoms with Crippen LogP contribution in [0.1, 0.15) is 28.4 Å². The lowest BCUT2D eigenvalue weighted by molar-refractivity contribution is 0.414. The Hall–Kier alpha value is -1.39. The number of thiazole rings is 1. The molecule has 1 aromatic heterocycles. The second kappa shape index (κ2) is 5.98. The Bertz CT molecular complexity index is 493. The Morgan fingerprint density at radius 1 is 1.33 bits per heavy atom. The summed E-state index contributed by atoms with van der Waals surface area (Å²) in [4.78, 5) is 5.52. The van der Waals surface area contributed by atoms with Crippen molar-refractivity contribution >= 4 is 11.3 Å². The minimum absolute atomic E-state index is 0.318. The van der Waals surface area contributed by atoms with Crippen LogP contribution in [0, 0.1) is 6.92 Å². The fraction of sp³-hybridized carbons (Fsp3) is 0.357. The van der Waals surface area contributed by atoms with Crippen LogP contribution < -0.4 is 10.1 Å². The molecule has 96 valence electrons. The van der Waals surface area contributed by atoms with E-state index in [1.807, 2.05) is 25.3 Å². The Kier molecular flexibility index (Phi) is 4.33. The van der Waals surface area contributed by atoms with E-state index in [4.69, 9.17) is 4.74 Å². The van der Waals surface area contributed by atoms with Gasteiger partial charge in [0.05, 0.1) is 12.1 Å². The summed E-state index contributed by atoms with van der Waals surface area (Å²) in [6.45, 7) is 5.05. The Labute approximate surface area is 112 Å². The highest BCUT2D eigenvalue weighted by atomic mass is 32.1. The van der Waals surface area contributed by atoms with Gasteiger partial charge in [-0.2, -0.15) is 0 Å². The van der Waals surface area contributed by atoms with Crippen molar-refractivity contribution in [2.45, 2.75) is 26.4 Å². The average Bonchev–Trinajstić information content (AvgIpc) is 2.82. The van der Waals surface area contributed by atoms with Crippen molar-refractivity contribution in [1.82, 2.24) is 10.3 Å². The summed E-state index contributed by atoms with van der Waals surface area (Å²) in [6.07, 6.45) is 1.94. The molecule has 0 unspecified atom stereocenters. The number of rotatable bonds is 5. The van der Waals surface area contributed by atoms with E-state index >= 15 is 0 Å². The lowest BCUT2D eigenvalue weighted by Gasteiger charge is -2.13. The minimum Gasteiger partial charge on any atom is -0.497 e. The van der Waals surface area contributed by atoms with Gasteiger partial charge in [-0.15, -0.1) is 11.3 Å². The van der Waals surface area contributed by atoms with E-state index in [1.54, 1.807) is 18.4 Å². The third-order valence-corrected chi connectivity index (χ3v) is 3.78. The number of ether oxygens (including phenoxy) is 1. The van der Waals surface area contributed by atoms with E-state index in [0.717, 1.165) is 17.3 Å². The van der Waals surface area contributed by atoms with Crippen LogP contribution in [0.5, 0.6) is 5.75 Å². The zero-order chi connectivity index (χ0) is 13.0. The molecule has 0 saturated carbocycles. The second-order valence-corrected chi connectivity index (χ2v) is 5.54. The smallest absolute Gasteiger partial charge is 0.118 e. The van der Waals surface area contributed by atoms with Crippen molar-refractivity contribution in [3.8, 4) is 5.75 Å². The van der Waals surface area contributed by atoms with Crippen molar-refractivity contribution in [1.29, 1.82) is 0 Å². The van der Waals surface area contributed by atoms with Crippen molar-refractivity contribution in [2.24, 2.45) is 0 Å². The molecule has 18 heavy (non-hydrogen) atoms. The molecule has 1 heterocycles. The van der Waals surface area contributed by atoms with Crippen molar-refractivity contribution in [3.63, 3.8) is 0 Å². The summed E-state index contributed by atoms with van der Waals surface area (Å²) in [7, 11) is 1.68. The second-order valence-electron chi connectivity index (χ2n) is 4.22. The van der Waals surface area contributed by atoms with Gasteiger partial charge >= 0.3 is 0 Å². The molecule has 0 aliphatic carbocycles. The van der Waals surface area contributed by atoms with Gasteiger partial charge < -0.3 is 10.1 Å². The number of benzene rings is 1. The molecule has 0 aliphatic rings. The number of hydrogen-bond acceptors (Lipinski definition) is 4. The van der Waals surface area contributed by atoms with Crippen LogP contribution in [0.3, 0.4) is 0 Å². The molecule has 0 bridgehead atoms. The first-order valence-corrected chi connectivity index (χ1v) is 6.79.